The molecule has 2 rings (SSSR count). The number of amides is 2. The van der Waals surface area contributed by atoms with Crippen LogP contribution in [0.5, 0.6) is 5.75 Å². The van der Waals surface area contributed by atoms with Gasteiger partial charge in [0.25, 0.3) is 0 Å². The van der Waals surface area contributed by atoms with Gasteiger partial charge >= 0.3 is 0 Å². The second-order valence-corrected chi connectivity index (χ2v) is 10.3. The number of halogens is 2. The number of ether oxygens (including phenoxy) is 1. The molecule has 0 aromatic heterocycles. The summed E-state index contributed by atoms with van der Waals surface area (Å²) in [6.45, 7) is 3.55. The lowest BCUT2D eigenvalue weighted by Crippen LogP contribution is -2.52. The molecule has 0 aliphatic heterocycles. The van der Waals surface area contributed by atoms with Gasteiger partial charge in [0, 0.05) is 13.1 Å². The minimum absolute atomic E-state index is 0.00185. The third-order valence-corrected chi connectivity index (χ3v) is 6.74. The van der Waals surface area contributed by atoms with Crippen LogP contribution in [0.4, 0.5) is 10.1 Å². The number of nitrogens with zero attached hydrogens (tertiary/aromatic N) is 2. The van der Waals surface area contributed by atoms with Crippen molar-refractivity contribution < 1.29 is 27.1 Å². The Bertz CT molecular complexity index is 1130. The van der Waals surface area contributed by atoms with Gasteiger partial charge in [0.1, 0.15) is 24.2 Å². The maximum absolute atomic E-state index is 13.5. The topological polar surface area (TPSA) is 96.0 Å². The van der Waals surface area contributed by atoms with E-state index in [1.165, 1.54) is 54.5 Å². The van der Waals surface area contributed by atoms with Crippen molar-refractivity contribution in [2.45, 2.75) is 39.3 Å². The highest BCUT2D eigenvalue weighted by Crippen LogP contribution is 2.30. The number of hydrogen-bond acceptors (Lipinski definition) is 5. The lowest BCUT2D eigenvalue weighted by atomic mass is 10.1. The third kappa shape index (κ3) is 7.83. The van der Waals surface area contributed by atoms with Gasteiger partial charge in [-0.15, -0.1) is 0 Å². The maximum atomic E-state index is 13.5. The first kappa shape index (κ1) is 28.4. The molecule has 0 saturated heterocycles. The molecule has 35 heavy (non-hydrogen) atoms. The van der Waals surface area contributed by atoms with Crippen molar-refractivity contribution in [2.24, 2.45) is 0 Å². The van der Waals surface area contributed by atoms with Crippen molar-refractivity contribution in [2.75, 3.05) is 30.8 Å². The fraction of sp³-hybridized carbons (Fsp3) is 0.417. The number of anilines is 1. The third-order valence-electron chi connectivity index (χ3n) is 5.30. The highest BCUT2D eigenvalue weighted by molar-refractivity contribution is 7.92. The molecular formula is C24H31ClFN3O5S. The van der Waals surface area contributed by atoms with Crippen LogP contribution >= 0.6 is 11.6 Å². The van der Waals surface area contributed by atoms with E-state index in [0.717, 1.165) is 10.6 Å². The van der Waals surface area contributed by atoms with Crippen LogP contribution in [0.2, 0.25) is 5.02 Å². The molecule has 2 aromatic carbocycles. The summed E-state index contributed by atoms with van der Waals surface area (Å²) in [5.41, 5.74) is 0.775. The second kappa shape index (κ2) is 12.7. The molecule has 0 bridgehead atoms. The summed E-state index contributed by atoms with van der Waals surface area (Å²) in [5.74, 6) is -1.01. The Hall–Kier alpha value is -2.85. The number of carbonyl (C=O) groups excluding carboxylic acids is 2. The van der Waals surface area contributed by atoms with Crippen LogP contribution in [-0.4, -0.2) is 57.6 Å². The van der Waals surface area contributed by atoms with E-state index in [4.69, 9.17) is 16.3 Å². The number of hydrogen-bond donors (Lipinski definition) is 1. The molecule has 1 atom stereocenters. The number of rotatable bonds is 12. The summed E-state index contributed by atoms with van der Waals surface area (Å²) in [7, 11) is -2.46. The van der Waals surface area contributed by atoms with E-state index >= 15 is 0 Å². The van der Waals surface area contributed by atoms with Gasteiger partial charge in [-0.25, -0.2) is 12.8 Å². The quantitative estimate of drug-likeness (QED) is 0.455. The zero-order chi connectivity index (χ0) is 26.2. The van der Waals surface area contributed by atoms with Gasteiger partial charge in [0.05, 0.1) is 24.1 Å². The van der Waals surface area contributed by atoms with Crippen LogP contribution in [0.15, 0.2) is 42.5 Å². The number of sulfonamides is 1. The van der Waals surface area contributed by atoms with E-state index in [0.29, 0.717) is 30.7 Å². The number of benzene rings is 2. The SMILES string of the molecule is CCCNC(=O)C(CC)N(Cc1ccc(F)cc1)C(=O)CN(c1ccc(OC)c(Cl)c1)S(C)(=O)=O. The molecule has 11 heteroatoms. The Morgan fingerprint density at radius 2 is 1.80 bits per heavy atom. The van der Waals surface area contributed by atoms with Crippen molar-refractivity contribution in [3.05, 3.63) is 58.9 Å². The molecule has 0 fully saturated rings. The van der Waals surface area contributed by atoms with Crippen molar-refractivity contribution in [3.63, 3.8) is 0 Å². The fourth-order valence-corrected chi connectivity index (χ4v) is 4.59. The molecular weight excluding hydrogens is 497 g/mol. The molecule has 192 valence electrons. The molecule has 0 spiro atoms. The smallest absolute Gasteiger partial charge is 0.244 e. The van der Waals surface area contributed by atoms with Crippen molar-refractivity contribution >= 4 is 39.1 Å². The van der Waals surface area contributed by atoms with Crippen LogP contribution in [0.25, 0.3) is 0 Å². The van der Waals surface area contributed by atoms with Gasteiger partial charge in [-0.3, -0.25) is 13.9 Å². The first-order chi connectivity index (χ1) is 16.5. The monoisotopic (exact) mass is 527 g/mol. The standard InChI is InChI=1S/C24H31ClFN3O5S/c1-5-13-27-24(31)21(6-2)28(15-17-7-9-18(26)10-8-17)23(30)16-29(35(4,32)33)19-11-12-22(34-3)20(25)14-19/h7-12,14,21H,5-6,13,15-16H2,1-4H3,(H,27,31). The predicted molar refractivity (Wildman–Crippen MR) is 135 cm³/mol. The van der Waals surface area contributed by atoms with E-state index in [-0.39, 0.29) is 23.2 Å². The van der Waals surface area contributed by atoms with E-state index in [2.05, 4.69) is 5.32 Å². The molecule has 0 aliphatic carbocycles. The molecule has 2 aromatic rings. The van der Waals surface area contributed by atoms with Gasteiger partial charge in [-0.05, 0) is 48.7 Å². The summed E-state index contributed by atoms with van der Waals surface area (Å²) in [4.78, 5) is 27.7. The molecule has 1 unspecified atom stereocenters. The Morgan fingerprint density at radius 1 is 1.14 bits per heavy atom. The summed E-state index contributed by atoms with van der Waals surface area (Å²) < 4.78 is 44.7. The number of carbonyl (C=O) groups is 2. The first-order valence-corrected chi connectivity index (χ1v) is 13.4. The molecule has 8 nitrogen and oxygen atoms in total. The van der Waals surface area contributed by atoms with Crippen molar-refractivity contribution in [1.29, 1.82) is 0 Å². The van der Waals surface area contributed by atoms with Crippen LogP contribution in [0.1, 0.15) is 32.3 Å². The average molecular weight is 528 g/mol. The summed E-state index contributed by atoms with van der Waals surface area (Å²) in [5, 5.41) is 2.97. The molecule has 0 heterocycles. The van der Waals surface area contributed by atoms with E-state index in [1.807, 2.05) is 6.92 Å². The van der Waals surface area contributed by atoms with Crippen LogP contribution in [0.3, 0.4) is 0 Å². The van der Waals surface area contributed by atoms with Gasteiger partial charge in [0.15, 0.2) is 0 Å². The van der Waals surface area contributed by atoms with Gasteiger partial charge in [-0.2, -0.15) is 0 Å². The number of methoxy groups -OCH3 is 1. The normalized spacial score (nSPS) is 12.1. The zero-order valence-corrected chi connectivity index (χ0v) is 21.8. The van der Waals surface area contributed by atoms with E-state index in [1.54, 1.807) is 6.92 Å². The van der Waals surface area contributed by atoms with Gasteiger partial charge in [-0.1, -0.05) is 37.6 Å². The molecule has 0 saturated carbocycles. The summed E-state index contributed by atoms with van der Waals surface area (Å²) in [6, 6.07) is 9.09. The van der Waals surface area contributed by atoms with Crippen molar-refractivity contribution in [3.8, 4) is 5.75 Å². The lowest BCUT2D eigenvalue weighted by Gasteiger charge is -2.33. The fourth-order valence-electron chi connectivity index (χ4n) is 3.50. The summed E-state index contributed by atoms with van der Waals surface area (Å²) in [6.07, 6.45) is 2.00. The van der Waals surface area contributed by atoms with E-state index in [9.17, 15) is 22.4 Å². The highest BCUT2D eigenvalue weighted by Gasteiger charge is 2.31. The lowest BCUT2D eigenvalue weighted by molar-refractivity contribution is -0.140. The predicted octanol–water partition coefficient (Wildman–Crippen LogP) is 3.59. The maximum Gasteiger partial charge on any atom is 0.244 e. The van der Waals surface area contributed by atoms with Gasteiger partial charge < -0.3 is 15.0 Å². The molecule has 0 radical (unpaired) electrons. The number of nitrogens with one attached hydrogen (secondary N) is 1. The zero-order valence-electron chi connectivity index (χ0n) is 20.3. The van der Waals surface area contributed by atoms with Crippen molar-refractivity contribution in [1.82, 2.24) is 10.2 Å². The van der Waals surface area contributed by atoms with E-state index < -0.39 is 34.3 Å². The first-order valence-electron chi connectivity index (χ1n) is 11.1. The minimum Gasteiger partial charge on any atom is -0.495 e. The highest BCUT2D eigenvalue weighted by atomic mass is 35.5. The minimum atomic E-state index is -3.89. The van der Waals surface area contributed by atoms with Crippen LogP contribution in [0, 0.1) is 5.82 Å². The van der Waals surface area contributed by atoms with Gasteiger partial charge in [0.2, 0.25) is 21.8 Å². The summed E-state index contributed by atoms with van der Waals surface area (Å²) >= 11 is 6.18. The Morgan fingerprint density at radius 3 is 2.31 bits per heavy atom. The largest absolute Gasteiger partial charge is 0.495 e. The molecule has 2 amide bonds. The van der Waals surface area contributed by atoms with Crippen LogP contribution in [-0.2, 0) is 26.2 Å². The van der Waals surface area contributed by atoms with Crippen LogP contribution < -0.4 is 14.4 Å². The average Bonchev–Trinajstić information content (AvgIpc) is 2.81. The molecule has 0 aliphatic rings. The Balaban J connectivity index is 2.43. The Kier molecular flexibility index (Phi) is 10.3. The molecule has 1 N–H and O–H groups in total. The second-order valence-electron chi connectivity index (χ2n) is 7.95. The Labute approximate surface area is 211 Å².